The van der Waals surface area contributed by atoms with Gasteiger partial charge in [0.05, 0.1) is 5.39 Å². The molecule has 0 bridgehead atoms. The Morgan fingerprint density at radius 1 is 1.36 bits per heavy atom. The van der Waals surface area contributed by atoms with Gasteiger partial charge in [-0.25, -0.2) is 4.98 Å². The maximum Gasteiger partial charge on any atom is 0.259 e. The highest BCUT2D eigenvalue weighted by atomic mass is 35.5. The van der Waals surface area contributed by atoms with Gasteiger partial charge in [0.1, 0.15) is 10.7 Å². The highest BCUT2D eigenvalue weighted by Gasteiger charge is 2.23. The van der Waals surface area contributed by atoms with Crippen molar-refractivity contribution >= 4 is 39.9 Å². The molecule has 28 heavy (non-hydrogen) atoms. The van der Waals surface area contributed by atoms with E-state index < -0.39 is 0 Å². The van der Waals surface area contributed by atoms with Gasteiger partial charge in [0, 0.05) is 24.3 Å². The molecule has 3 heterocycles. The van der Waals surface area contributed by atoms with E-state index in [1.54, 1.807) is 11.3 Å². The highest BCUT2D eigenvalue weighted by molar-refractivity contribution is 7.18. The monoisotopic (exact) mass is 424 g/mol. The van der Waals surface area contributed by atoms with Gasteiger partial charge in [0.15, 0.2) is 0 Å². The average molecular weight is 425 g/mol. The van der Waals surface area contributed by atoms with Crippen molar-refractivity contribution in [3.05, 3.63) is 26.6 Å². The highest BCUT2D eigenvalue weighted by Crippen LogP contribution is 2.35. The van der Waals surface area contributed by atoms with Crippen LogP contribution in [0.2, 0.25) is 0 Å². The number of nitrogens with one attached hydrogen (secondary N) is 3. The number of aromatic amines is 1. The summed E-state index contributed by atoms with van der Waals surface area (Å²) in [4.78, 5) is 34.4. The number of fused-ring (bicyclic) bond motifs is 3. The Kier molecular flexibility index (Phi) is 7.12. The summed E-state index contributed by atoms with van der Waals surface area (Å²) in [6.45, 7) is 5.14. The van der Waals surface area contributed by atoms with Crippen LogP contribution in [0.3, 0.4) is 0 Å². The first-order chi connectivity index (χ1) is 13.1. The molecule has 0 spiro atoms. The molecule has 2 atom stereocenters. The van der Waals surface area contributed by atoms with Crippen LogP contribution in [-0.2, 0) is 24.1 Å². The van der Waals surface area contributed by atoms with Gasteiger partial charge < -0.3 is 15.6 Å². The van der Waals surface area contributed by atoms with E-state index in [0.717, 1.165) is 55.5 Å². The smallest absolute Gasteiger partial charge is 0.259 e. The molecule has 2 aliphatic rings. The number of H-pyrrole nitrogens is 1. The normalized spacial score (nSPS) is 21.3. The Balaban J connectivity index is 0.00000225. The molecule has 0 saturated carbocycles. The molecule has 1 saturated heterocycles. The van der Waals surface area contributed by atoms with E-state index in [-0.39, 0.29) is 23.9 Å². The fourth-order valence-corrected chi connectivity index (χ4v) is 5.61. The third kappa shape index (κ3) is 4.75. The number of halogens is 1. The quantitative estimate of drug-likeness (QED) is 0.665. The summed E-state index contributed by atoms with van der Waals surface area (Å²) in [6.07, 6.45) is 6.21. The van der Waals surface area contributed by atoms with Crippen molar-refractivity contribution in [2.75, 3.05) is 19.6 Å². The van der Waals surface area contributed by atoms with Gasteiger partial charge >= 0.3 is 0 Å². The number of carbonyl (C=O) groups excluding carboxylic acids is 1. The van der Waals surface area contributed by atoms with Gasteiger partial charge in [0.25, 0.3) is 5.56 Å². The van der Waals surface area contributed by atoms with Crippen LogP contribution >= 0.6 is 23.7 Å². The predicted octanol–water partition coefficient (Wildman–Crippen LogP) is 2.58. The first-order valence-electron chi connectivity index (χ1n) is 10.1. The van der Waals surface area contributed by atoms with Gasteiger partial charge in [0.2, 0.25) is 5.91 Å². The number of hydrogen-bond donors (Lipinski definition) is 3. The van der Waals surface area contributed by atoms with Gasteiger partial charge in [-0.15, -0.1) is 23.7 Å². The van der Waals surface area contributed by atoms with Crippen LogP contribution in [0, 0.1) is 11.8 Å². The molecule has 1 amide bonds. The van der Waals surface area contributed by atoms with Gasteiger partial charge in [-0.1, -0.05) is 6.92 Å². The lowest BCUT2D eigenvalue weighted by atomic mass is 9.89. The zero-order valence-electron chi connectivity index (χ0n) is 16.3. The average Bonchev–Trinajstić information content (AvgIpc) is 3.26. The lowest BCUT2D eigenvalue weighted by Gasteiger charge is -2.17. The van der Waals surface area contributed by atoms with E-state index >= 15 is 0 Å². The minimum absolute atomic E-state index is 0. The molecular weight excluding hydrogens is 396 g/mol. The van der Waals surface area contributed by atoms with E-state index in [0.29, 0.717) is 30.5 Å². The number of nitrogens with zero attached hydrogens (tertiary/aromatic N) is 1. The topological polar surface area (TPSA) is 86.9 Å². The summed E-state index contributed by atoms with van der Waals surface area (Å²) in [7, 11) is 0. The number of thiophene rings is 1. The summed E-state index contributed by atoms with van der Waals surface area (Å²) >= 11 is 1.66. The van der Waals surface area contributed by atoms with Crippen molar-refractivity contribution in [1.82, 2.24) is 20.6 Å². The molecule has 1 aliphatic carbocycles. The molecule has 2 aromatic rings. The van der Waals surface area contributed by atoms with Crippen LogP contribution in [0.5, 0.6) is 0 Å². The van der Waals surface area contributed by atoms with Gasteiger partial charge in [-0.3, -0.25) is 9.59 Å². The van der Waals surface area contributed by atoms with E-state index in [4.69, 9.17) is 0 Å². The molecule has 0 radical (unpaired) electrons. The SMILES string of the molecule is CC1CCc2c(sc3nc(CCC(=O)NCCC4CCNC4)[nH]c(=O)c23)C1.Cl. The van der Waals surface area contributed by atoms with Gasteiger partial charge in [-0.2, -0.15) is 0 Å². The molecule has 2 unspecified atom stereocenters. The summed E-state index contributed by atoms with van der Waals surface area (Å²) in [6, 6.07) is 0. The number of carbonyl (C=O) groups is 1. The van der Waals surface area contributed by atoms with E-state index in [1.165, 1.54) is 16.9 Å². The zero-order chi connectivity index (χ0) is 18.8. The largest absolute Gasteiger partial charge is 0.356 e. The second-order valence-corrected chi connectivity index (χ2v) is 9.13. The fraction of sp³-hybridized carbons (Fsp3) is 0.650. The van der Waals surface area contributed by atoms with Crippen molar-refractivity contribution in [3.63, 3.8) is 0 Å². The molecule has 0 aromatic carbocycles. The van der Waals surface area contributed by atoms with Crippen LogP contribution < -0.4 is 16.2 Å². The maximum atomic E-state index is 12.6. The first kappa shape index (κ1) is 21.3. The van der Waals surface area contributed by atoms with Crippen LogP contribution in [0.4, 0.5) is 0 Å². The number of aromatic nitrogens is 2. The predicted molar refractivity (Wildman–Crippen MR) is 116 cm³/mol. The zero-order valence-corrected chi connectivity index (χ0v) is 17.9. The van der Waals surface area contributed by atoms with Crippen LogP contribution in [-0.4, -0.2) is 35.5 Å². The second kappa shape index (κ2) is 9.37. The molecule has 6 nitrogen and oxygen atoms in total. The summed E-state index contributed by atoms with van der Waals surface area (Å²) in [5, 5.41) is 7.11. The Morgan fingerprint density at radius 2 is 2.21 bits per heavy atom. The minimum atomic E-state index is -0.0452. The number of aryl methyl sites for hydroxylation is 2. The maximum absolute atomic E-state index is 12.6. The molecule has 3 N–H and O–H groups in total. The summed E-state index contributed by atoms with van der Waals surface area (Å²) in [5.74, 6) is 2.00. The standard InChI is InChI=1S/C20H28N4O2S.ClH/c1-12-2-3-14-15(10-12)27-20-18(14)19(26)23-16(24-20)4-5-17(25)22-9-7-13-6-8-21-11-13;/h12-13,21H,2-11H2,1H3,(H,22,25)(H,23,24,26);1H. The summed E-state index contributed by atoms with van der Waals surface area (Å²) in [5.41, 5.74) is 1.16. The number of hydrogen-bond acceptors (Lipinski definition) is 5. The molecule has 8 heteroatoms. The molecule has 1 aliphatic heterocycles. The number of rotatable bonds is 6. The van der Waals surface area contributed by atoms with E-state index in [2.05, 4.69) is 27.5 Å². The number of amides is 1. The van der Waals surface area contributed by atoms with Crippen LogP contribution in [0.1, 0.15) is 48.9 Å². The van der Waals surface area contributed by atoms with Crippen LogP contribution in [0.25, 0.3) is 10.2 Å². The van der Waals surface area contributed by atoms with Gasteiger partial charge in [-0.05, 0) is 62.6 Å². The molecule has 1 fully saturated rings. The van der Waals surface area contributed by atoms with Crippen molar-refractivity contribution in [3.8, 4) is 0 Å². The Hall–Kier alpha value is -1.44. The molecular formula is C20H29ClN4O2S. The second-order valence-electron chi connectivity index (χ2n) is 8.04. The Labute approximate surface area is 175 Å². The van der Waals surface area contributed by atoms with Crippen molar-refractivity contribution in [1.29, 1.82) is 0 Å². The minimum Gasteiger partial charge on any atom is -0.356 e. The third-order valence-corrected chi connectivity index (χ3v) is 6.99. The summed E-state index contributed by atoms with van der Waals surface area (Å²) < 4.78 is 0. The van der Waals surface area contributed by atoms with Crippen molar-refractivity contribution in [2.45, 2.75) is 51.9 Å². The fourth-order valence-electron chi connectivity index (χ4n) is 4.21. The lowest BCUT2D eigenvalue weighted by Crippen LogP contribution is -2.27. The third-order valence-electron chi connectivity index (χ3n) is 5.84. The van der Waals surface area contributed by atoms with E-state index in [9.17, 15) is 9.59 Å². The molecule has 154 valence electrons. The Morgan fingerprint density at radius 3 is 3.00 bits per heavy atom. The first-order valence-corrected chi connectivity index (χ1v) is 10.9. The lowest BCUT2D eigenvalue weighted by molar-refractivity contribution is -0.121. The molecule has 4 rings (SSSR count). The van der Waals surface area contributed by atoms with Crippen molar-refractivity contribution in [2.24, 2.45) is 11.8 Å². The van der Waals surface area contributed by atoms with Crippen molar-refractivity contribution < 1.29 is 4.79 Å². The Bertz CT molecular complexity index is 888. The van der Waals surface area contributed by atoms with Crippen LogP contribution in [0.15, 0.2) is 4.79 Å². The molecule has 2 aromatic heterocycles. The van der Waals surface area contributed by atoms with E-state index in [1.807, 2.05) is 0 Å².